The summed E-state index contributed by atoms with van der Waals surface area (Å²) in [6.45, 7) is 11.1. The largest absolute Gasteiger partial charge is 0.516 e. The van der Waals surface area contributed by atoms with Crippen molar-refractivity contribution < 1.29 is 41.4 Å². The van der Waals surface area contributed by atoms with Gasteiger partial charge in [0.2, 0.25) is 0 Å². The smallest absolute Gasteiger partial charge is 0.416 e. The maximum atomic E-state index is 13.4. The van der Waals surface area contributed by atoms with Crippen LogP contribution in [0.5, 0.6) is 5.75 Å². The van der Waals surface area contributed by atoms with E-state index in [9.17, 15) is 31.5 Å². The molecule has 0 saturated carbocycles. The van der Waals surface area contributed by atoms with E-state index in [0.29, 0.717) is 33.3 Å². The molecule has 0 saturated heterocycles. The van der Waals surface area contributed by atoms with E-state index in [2.05, 4.69) is 36.0 Å². The van der Waals surface area contributed by atoms with Crippen LogP contribution in [0.1, 0.15) is 77.7 Å². The van der Waals surface area contributed by atoms with Gasteiger partial charge in [-0.25, -0.2) is 4.98 Å². The lowest BCUT2D eigenvalue weighted by Crippen LogP contribution is -2.28. The first-order valence-electron chi connectivity index (χ1n) is 14.3. The fourth-order valence-corrected chi connectivity index (χ4v) is 5.56. The number of aliphatic hydroxyl groups excluding tert-OH is 1. The van der Waals surface area contributed by atoms with Gasteiger partial charge in [0.1, 0.15) is 11.3 Å². The molecule has 0 aliphatic heterocycles. The molecule has 1 aromatic heterocycles. The summed E-state index contributed by atoms with van der Waals surface area (Å²) in [5.74, 6) is -0.796. The van der Waals surface area contributed by atoms with Crippen molar-refractivity contribution in [2.24, 2.45) is 5.92 Å². The highest BCUT2D eigenvalue weighted by Crippen LogP contribution is 2.36. The Morgan fingerprint density at radius 1 is 1.17 bits per heavy atom. The Labute approximate surface area is 271 Å². The van der Waals surface area contributed by atoms with Gasteiger partial charge >= 0.3 is 6.18 Å². The van der Waals surface area contributed by atoms with Crippen LogP contribution in [0.15, 0.2) is 54.3 Å². The van der Waals surface area contributed by atoms with Gasteiger partial charge in [0.05, 0.1) is 45.4 Å². The number of nitrogens with one attached hydrogen (secondary N) is 2. The zero-order chi connectivity index (χ0) is 34.8. The number of ether oxygens (including phenoxy) is 1. The maximum absolute atomic E-state index is 13.4. The molecular formula is C32H39F5N3O4PS. The molecule has 0 spiro atoms. The van der Waals surface area contributed by atoms with E-state index in [-0.39, 0.29) is 29.8 Å². The summed E-state index contributed by atoms with van der Waals surface area (Å²) in [5.41, 5.74) is -3.85. The number of methoxy groups -OCH3 is 1. The molecule has 2 aromatic carbocycles. The van der Waals surface area contributed by atoms with Gasteiger partial charge in [-0.2, -0.15) is 22.0 Å². The third kappa shape index (κ3) is 11.0. The third-order valence-corrected chi connectivity index (χ3v) is 8.18. The molecule has 7 nitrogen and oxygen atoms in total. The fourth-order valence-electron chi connectivity index (χ4n) is 4.46. The molecule has 0 aliphatic carbocycles. The lowest BCUT2D eigenvalue weighted by molar-refractivity contribution is -0.137. The second kappa shape index (κ2) is 16.8. The number of carbonyl (C=O) groups excluding carboxylic acids is 2. The Balaban J connectivity index is 0.000000634. The van der Waals surface area contributed by atoms with Gasteiger partial charge in [-0.1, -0.05) is 42.5 Å². The summed E-state index contributed by atoms with van der Waals surface area (Å²) in [6, 6.07) is 5.37. The van der Waals surface area contributed by atoms with Crippen LogP contribution >= 0.6 is 20.6 Å². The number of amides is 2. The summed E-state index contributed by atoms with van der Waals surface area (Å²) >= 11 is 1.20. The first-order chi connectivity index (χ1) is 21.4. The lowest BCUT2D eigenvalue weighted by Gasteiger charge is -2.17. The lowest BCUT2D eigenvalue weighted by atomic mass is 9.98. The topological polar surface area (TPSA) is 101 Å². The van der Waals surface area contributed by atoms with E-state index in [4.69, 9.17) is 9.84 Å². The number of aromatic nitrogens is 1. The molecule has 14 heteroatoms. The van der Waals surface area contributed by atoms with Crippen LogP contribution in [-0.2, 0) is 6.18 Å². The molecule has 3 N–H and O–H groups in total. The predicted octanol–water partition coefficient (Wildman–Crippen LogP) is 9.30. The summed E-state index contributed by atoms with van der Waals surface area (Å²) < 4.78 is 72.3. The first kappa shape index (κ1) is 38.6. The van der Waals surface area contributed by atoms with Crippen LogP contribution in [-0.4, -0.2) is 41.2 Å². The van der Waals surface area contributed by atoms with Crippen LogP contribution < -0.4 is 15.4 Å². The predicted molar refractivity (Wildman–Crippen MR) is 176 cm³/mol. The minimum atomic E-state index is -4.75. The number of hydrogen-bond acceptors (Lipinski definition) is 6. The normalized spacial score (nSPS) is 12.6. The Hall–Kier alpha value is -3.57. The van der Waals surface area contributed by atoms with Crippen molar-refractivity contribution in [3.05, 3.63) is 76.0 Å². The van der Waals surface area contributed by atoms with Crippen LogP contribution in [0.25, 0.3) is 10.2 Å². The number of thiazole rings is 1. The van der Waals surface area contributed by atoms with Gasteiger partial charge < -0.3 is 20.5 Å². The van der Waals surface area contributed by atoms with E-state index in [1.807, 2.05) is 6.92 Å². The Morgan fingerprint density at radius 2 is 1.85 bits per heavy atom. The molecule has 1 heterocycles. The minimum Gasteiger partial charge on any atom is -0.516 e. The van der Waals surface area contributed by atoms with Crippen molar-refractivity contribution >= 4 is 48.3 Å². The van der Waals surface area contributed by atoms with Gasteiger partial charge in [0.25, 0.3) is 17.5 Å². The number of fused-ring (bicyclic) bond motifs is 1. The number of rotatable bonds is 12. The molecule has 2 atom stereocenters. The standard InChI is InChI=1S/C23H21F5N3O3PS.C9H18O/c1-11(23(27,28)35)8-9-29-20(32)14-5-4-13(22(24,25)26)10-16(14)31-21(33)18-17(34-3)7-6-15-19(18)36-12(2)30-15;1-4-5-8(2)6-9(3)7-10/h4-7,10H,1,8-9,35H2,2-3H3,(H,29,32)(H,31,33);7-8,10H,4-6H2,1-3H3/b;9-7-. The summed E-state index contributed by atoms with van der Waals surface area (Å²) in [5, 5.41) is 14.0. The molecule has 0 fully saturated rings. The molecule has 46 heavy (non-hydrogen) atoms. The Kier molecular flexibility index (Phi) is 14.1. The highest BCUT2D eigenvalue weighted by molar-refractivity contribution is 7.19. The number of anilines is 1. The van der Waals surface area contributed by atoms with Crippen molar-refractivity contribution in [2.45, 2.75) is 65.2 Å². The van der Waals surface area contributed by atoms with Gasteiger partial charge in [0, 0.05) is 6.54 Å². The molecule has 2 amide bonds. The Bertz CT molecular complexity index is 1570. The number of hydrogen-bond donors (Lipinski definition) is 3. The molecule has 0 radical (unpaired) electrons. The monoisotopic (exact) mass is 687 g/mol. The van der Waals surface area contributed by atoms with Crippen LogP contribution in [0.3, 0.4) is 0 Å². The van der Waals surface area contributed by atoms with Crippen LogP contribution in [0.2, 0.25) is 0 Å². The molecule has 3 aromatic rings. The second-order valence-corrected chi connectivity index (χ2v) is 12.7. The number of aliphatic hydroxyl groups is 1. The molecule has 0 aliphatic rings. The molecule has 2 unspecified atom stereocenters. The van der Waals surface area contributed by atoms with Crippen molar-refractivity contribution in [3.8, 4) is 5.75 Å². The first-order valence-corrected chi connectivity index (χ1v) is 15.7. The third-order valence-electron chi connectivity index (χ3n) is 6.77. The summed E-state index contributed by atoms with van der Waals surface area (Å²) in [6.07, 6.45) is -0.279. The van der Waals surface area contributed by atoms with E-state index >= 15 is 0 Å². The fraction of sp³-hybridized carbons (Fsp3) is 0.406. The molecular weight excluding hydrogens is 648 g/mol. The van der Waals surface area contributed by atoms with Gasteiger partial charge in [0.15, 0.2) is 0 Å². The van der Waals surface area contributed by atoms with Crippen molar-refractivity contribution in [1.29, 1.82) is 0 Å². The van der Waals surface area contributed by atoms with Gasteiger partial charge in [-0.15, -0.1) is 11.3 Å². The number of halogens is 5. The SMILES string of the molecule is C=C(CCNC(=O)c1ccc(C(F)(F)F)cc1NC(=O)c1c(OC)ccc2nc(C)sc12)C(F)(F)P.CCCC(C)C/C(C)=C\O. The number of alkyl halides is 5. The van der Waals surface area contributed by atoms with E-state index in [1.54, 1.807) is 13.0 Å². The second-order valence-electron chi connectivity index (χ2n) is 10.7. The number of aryl methyl sites for hydroxylation is 1. The van der Waals surface area contributed by atoms with E-state index < -0.39 is 40.5 Å². The van der Waals surface area contributed by atoms with Gasteiger partial charge in [-0.05, 0) is 74.1 Å². The summed E-state index contributed by atoms with van der Waals surface area (Å²) in [4.78, 5) is 30.3. The quantitative estimate of drug-likeness (QED) is 0.0763. The molecule has 3 rings (SSSR count). The number of allylic oxidation sites excluding steroid dienone is 1. The summed E-state index contributed by atoms with van der Waals surface area (Å²) in [7, 11) is 2.67. The number of nitrogens with zero attached hydrogens (tertiary/aromatic N) is 1. The zero-order valence-electron chi connectivity index (χ0n) is 26.3. The minimum absolute atomic E-state index is 0.0448. The van der Waals surface area contributed by atoms with Crippen LogP contribution in [0, 0.1) is 12.8 Å². The maximum Gasteiger partial charge on any atom is 0.416 e. The molecule has 252 valence electrons. The average Bonchev–Trinajstić information content (AvgIpc) is 3.35. The highest BCUT2D eigenvalue weighted by atomic mass is 32.1. The average molecular weight is 688 g/mol. The molecule has 0 bridgehead atoms. The van der Waals surface area contributed by atoms with Crippen molar-refractivity contribution in [3.63, 3.8) is 0 Å². The van der Waals surface area contributed by atoms with Crippen molar-refractivity contribution in [2.75, 3.05) is 19.0 Å². The number of carbonyl (C=O) groups is 2. The highest BCUT2D eigenvalue weighted by Gasteiger charge is 2.32. The van der Waals surface area contributed by atoms with Crippen molar-refractivity contribution in [1.82, 2.24) is 10.3 Å². The Morgan fingerprint density at radius 3 is 2.41 bits per heavy atom. The van der Waals surface area contributed by atoms with Gasteiger partial charge in [-0.3, -0.25) is 9.59 Å². The zero-order valence-corrected chi connectivity index (χ0v) is 28.2. The number of benzene rings is 2. The van der Waals surface area contributed by atoms with E-state index in [1.165, 1.54) is 52.9 Å². The van der Waals surface area contributed by atoms with E-state index in [0.717, 1.165) is 18.1 Å². The van der Waals surface area contributed by atoms with Crippen LogP contribution in [0.4, 0.5) is 27.6 Å².